The van der Waals surface area contributed by atoms with E-state index < -0.39 is 0 Å². The standard InChI is InChI=1S/C16H25BrN2O2/c1-5-11-7-12(13-6-10(8-18)9-19(13)2)16(21-4)14(17)15(11)20-3/h7,10,13H,5-6,8-9,18H2,1-4H3. The second kappa shape index (κ2) is 6.99. The van der Waals surface area contributed by atoms with Gasteiger partial charge in [-0.25, -0.2) is 0 Å². The van der Waals surface area contributed by atoms with Crippen molar-refractivity contribution in [1.82, 2.24) is 4.90 Å². The van der Waals surface area contributed by atoms with Gasteiger partial charge in [0.25, 0.3) is 0 Å². The van der Waals surface area contributed by atoms with Crippen molar-refractivity contribution in [2.75, 3.05) is 34.4 Å². The fourth-order valence-electron chi connectivity index (χ4n) is 3.27. The molecule has 0 aliphatic carbocycles. The number of ether oxygens (including phenoxy) is 2. The molecule has 0 amide bonds. The van der Waals surface area contributed by atoms with Crippen LogP contribution in [0.4, 0.5) is 0 Å². The lowest BCUT2D eigenvalue weighted by Gasteiger charge is -2.24. The molecule has 1 aromatic carbocycles. The Morgan fingerprint density at radius 1 is 1.33 bits per heavy atom. The molecule has 118 valence electrons. The van der Waals surface area contributed by atoms with E-state index in [9.17, 15) is 0 Å². The summed E-state index contributed by atoms with van der Waals surface area (Å²) in [4.78, 5) is 2.37. The summed E-state index contributed by atoms with van der Waals surface area (Å²) in [5.74, 6) is 2.29. The van der Waals surface area contributed by atoms with Crippen molar-refractivity contribution in [3.05, 3.63) is 21.7 Å². The number of aryl methyl sites for hydroxylation is 1. The molecule has 21 heavy (non-hydrogen) atoms. The van der Waals surface area contributed by atoms with Crippen LogP contribution in [0.1, 0.15) is 30.5 Å². The van der Waals surface area contributed by atoms with Gasteiger partial charge in [0.2, 0.25) is 0 Å². The molecule has 0 spiro atoms. The van der Waals surface area contributed by atoms with Crippen LogP contribution in [-0.4, -0.2) is 39.3 Å². The number of hydrogen-bond donors (Lipinski definition) is 1. The Labute approximate surface area is 135 Å². The molecule has 2 atom stereocenters. The Kier molecular flexibility index (Phi) is 5.52. The van der Waals surface area contributed by atoms with Crippen LogP contribution in [0.2, 0.25) is 0 Å². The van der Waals surface area contributed by atoms with Gasteiger partial charge >= 0.3 is 0 Å². The van der Waals surface area contributed by atoms with Crippen LogP contribution in [-0.2, 0) is 6.42 Å². The predicted molar refractivity (Wildman–Crippen MR) is 89.2 cm³/mol. The number of halogens is 1. The highest BCUT2D eigenvalue weighted by molar-refractivity contribution is 9.10. The number of methoxy groups -OCH3 is 2. The number of nitrogens with two attached hydrogens (primary N) is 1. The topological polar surface area (TPSA) is 47.7 Å². The van der Waals surface area contributed by atoms with E-state index in [1.807, 2.05) is 0 Å². The van der Waals surface area contributed by atoms with Crippen LogP contribution in [0.5, 0.6) is 11.5 Å². The average Bonchev–Trinajstić information content (AvgIpc) is 2.87. The molecule has 2 rings (SSSR count). The summed E-state index contributed by atoms with van der Waals surface area (Å²) in [6.45, 7) is 3.91. The molecule has 0 aromatic heterocycles. The SMILES string of the molecule is CCc1cc(C2CC(CN)CN2C)c(OC)c(Br)c1OC. The minimum Gasteiger partial charge on any atom is -0.495 e. The van der Waals surface area contributed by atoms with Crippen molar-refractivity contribution in [1.29, 1.82) is 0 Å². The third kappa shape index (κ3) is 3.05. The quantitative estimate of drug-likeness (QED) is 0.880. The number of likely N-dealkylation sites (tertiary alicyclic amines) is 1. The summed E-state index contributed by atoms with van der Waals surface area (Å²) < 4.78 is 12.1. The number of nitrogens with zero attached hydrogens (tertiary/aromatic N) is 1. The first-order valence-corrected chi connectivity index (χ1v) is 8.20. The zero-order valence-electron chi connectivity index (χ0n) is 13.3. The summed E-state index contributed by atoms with van der Waals surface area (Å²) in [7, 11) is 5.57. The van der Waals surface area contributed by atoms with Crippen LogP contribution in [0.3, 0.4) is 0 Å². The maximum Gasteiger partial charge on any atom is 0.141 e. The second-order valence-electron chi connectivity index (χ2n) is 5.65. The Morgan fingerprint density at radius 2 is 2.00 bits per heavy atom. The zero-order valence-corrected chi connectivity index (χ0v) is 14.9. The molecule has 0 bridgehead atoms. The highest BCUT2D eigenvalue weighted by Crippen LogP contribution is 2.46. The second-order valence-corrected chi connectivity index (χ2v) is 6.44. The molecule has 1 heterocycles. The van der Waals surface area contributed by atoms with Gasteiger partial charge in [-0.05, 0) is 59.9 Å². The first-order valence-electron chi connectivity index (χ1n) is 7.40. The monoisotopic (exact) mass is 356 g/mol. The van der Waals surface area contributed by atoms with Gasteiger partial charge in [0.05, 0.1) is 14.2 Å². The van der Waals surface area contributed by atoms with Crippen LogP contribution in [0.15, 0.2) is 10.5 Å². The van der Waals surface area contributed by atoms with Gasteiger partial charge in [0.1, 0.15) is 16.0 Å². The fraction of sp³-hybridized carbons (Fsp3) is 0.625. The van der Waals surface area contributed by atoms with E-state index in [0.29, 0.717) is 12.0 Å². The minimum absolute atomic E-state index is 0.348. The molecule has 0 saturated carbocycles. The van der Waals surface area contributed by atoms with Crippen molar-refractivity contribution in [3.8, 4) is 11.5 Å². The van der Waals surface area contributed by atoms with Gasteiger partial charge in [0.15, 0.2) is 0 Å². The third-order valence-corrected chi connectivity index (χ3v) is 5.12. The van der Waals surface area contributed by atoms with Crippen LogP contribution in [0, 0.1) is 5.92 Å². The van der Waals surface area contributed by atoms with Crippen molar-refractivity contribution in [2.24, 2.45) is 11.7 Å². The van der Waals surface area contributed by atoms with Crippen molar-refractivity contribution in [2.45, 2.75) is 25.8 Å². The number of benzene rings is 1. The smallest absolute Gasteiger partial charge is 0.141 e. The Balaban J connectivity index is 2.50. The molecule has 1 saturated heterocycles. The molecule has 1 aliphatic heterocycles. The summed E-state index contributed by atoms with van der Waals surface area (Å²) in [5.41, 5.74) is 8.27. The summed E-state index contributed by atoms with van der Waals surface area (Å²) in [6, 6.07) is 2.57. The molecule has 1 aliphatic rings. The van der Waals surface area contributed by atoms with Gasteiger partial charge in [0, 0.05) is 18.2 Å². The van der Waals surface area contributed by atoms with E-state index in [4.69, 9.17) is 15.2 Å². The van der Waals surface area contributed by atoms with Crippen molar-refractivity contribution >= 4 is 15.9 Å². The Bertz CT molecular complexity index is 508. The van der Waals surface area contributed by atoms with E-state index >= 15 is 0 Å². The van der Waals surface area contributed by atoms with Gasteiger partial charge in [-0.2, -0.15) is 0 Å². The van der Waals surface area contributed by atoms with E-state index in [1.54, 1.807) is 14.2 Å². The predicted octanol–water partition coefficient (Wildman–Crippen LogP) is 2.98. The summed E-state index contributed by atoms with van der Waals surface area (Å²) in [6.07, 6.45) is 2.00. The lowest BCUT2D eigenvalue weighted by Crippen LogP contribution is -2.21. The summed E-state index contributed by atoms with van der Waals surface area (Å²) >= 11 is 3.65. The molecule has 2 N–H and O–H groups in total. The van der Waals surface area contributed by atoms with Crippen LogP contribution < -0.4 is 15.2 Å². The first kappa shape index (κ1) is 16.6. The van der Waals surface area contributed by atoms with E-state index in [2.05, 4.69) is 40.9 Å². The molecular weight excluding hydrogens is 332 g/mol. The molecule has 5 heteroatoms. The molecule has 1 aromatic rings. The third-order valence-electron chi connectivity index (χ3n) is 4.40. The highest BCUT2D eigenvalue weighted by atomic mass is 79.9. The lowest BCUT2D eigenvalue weighted by atomic mass is 9.96. The fourth-order valence-corrected chi connectivity index (χ4v) is 4.08. The molecule has 1 fully saturated rings. The maximum atomic E-state index is 5.85. The maximum absolute atomic E-state index is 5.85. The van der Waals surface area contributed by atoms with Crippen LogP contribution >= 0.6 is 15.9 Å². The molecule has 2 unspecified atom stereocenters. The van der Waals surface area contributed by atoms with Crippen molar-refractivity contribution < 1.29 is 9.47 Å². The summed E-state index contributed by atoms with van der Waals surface area (Å²) in [5, 5.41) is 0. The average molecular weight is 357 g/mol. The van der Waals surface area contributed by atoms with Gasteiger partial charge in [-0.15, -0.1) is 0 Å². The largest absolute Gasteiger partial charge is 0.495 e. The number of rotatable bonds is 5. The van der Waals surface area contributed by atoms with Gasteiger partial charge in [-0.1, -0.05) is 6.92 Å². The first-order chi connectivity index (χ1) is 10.1. The molecule has 4 nitrogen and oxygen atoms in total. The van der Waals surface area contributed by atoms with E-state index in [1.165, 1.54) is 11.1 Å². The molecular formula is C16H25BrN2O2. The van der Waals surface area contributed by atoms with Crippen molar-refractivity contribution in [3.63, 3.8) is 0 Å². The normalized spacial score (nSPS) is 22.6. The lowest BCUT2D eigenvalue weighted by molar-refractivity contribution is 0.301. The molecule has 0 radical (unpaired) electrons. The highest BCUT2D eigenvalue weighted by Gasteiger charge is 2.33. The van der Waals surface area contributed by atoms with Crippen LogP contribution in [0.25, 0.3) is 0 Å². The minimum atomic E-state index is 0.348. The Hall–Kier alpha value is -0.780. The Morgan fingerprint density at radius 3 is 2.48 bits per heavy atom. The number of hydrogen-bond acceptors (Lipinski definition) is 4. The zero-order chi connectivity index (χ0) is 15.6. The van der Waals surface area contributed by atoms with Gasteiger partial charge < -0.3 is 15.2 Å². The van der Waals surface area contributed by atoms with Gasteiger partial charge in [-0.3, -0.25) is 4.90 Å². The van der Waals surface area contributed by atoms with E-state index in [-0.39, 0.29) is 0 Å². The van der Waals surface area contributed by atoms with E-state index in [0.717, 1.165) is 41.9 Å².